The van der Waals surface area contributed by atoms with Crippen LogP contribution in [0.5, 0.6) is 11.5 Å². The first-order chi connectivity index (χ1) is 22.5. The number of sulfonamides is 1. The minimum Gasteiger partial charge on any atom is -0.496 e. The van der Waals surface area contributed by atoms with Crippen LogP contribution in [0.4, 0.5) is 18.9 Å². The van der Waals surface area contributed by atoms with Crippen LogP contribution >= 0.6 is 15.9 Å². The number of hydrogen-bond donors (Lipinski definition) is 2. The molecule has 0 amide bonds. The van der Waals surface area contributed by atoms with Gasteiger partial charge in [-0.3, -0.25) is 4.99 Å². The Hall–Kier alpha value is -4.14. The van der Waals surface area contributed by atoms with Crippen LogP contribution in [0.3, 0.4) is 0 Å². The van der Waals surface area contributed by atoms with E-state index in [-0.39, 0.29) is 29.8 Å². The van der Waals surface area contributed by atoms with E-state index in [0.717, 1.165) is 17.5 Å². The summed E-state index contributed by atoms with van der Waals surface area (Å²) >= 11 is 3.56. The molecule has 47 heavy (non-hydrogen) atoms. The van der Waals surface area contributed by atoms with E-state index in [4.69, 9.17) is 14.5 Å². The number of rotatable bonds is 8. The van der Waals surface area contributed by atoms with Gasteiger partial charge in [0.15, 0.2) is 6.17 Å². The lowest BCUT2D eigenvalue weighted by Crippen LogP contribution is -2.46. The fraction of sp³-hybridized carbons (Fsp3) is 0.273. The number of halogens is 4. The minimum atomic E-state index is -4.57. The lowest BCUT2D eigenvalue weighted by molar-refractivity contribution is -0.497. The van der Waals surface area contributed by atoms with Crippen molar-refractivity contribution >= 4 is 54.1 Å². The molecule has 2 N–H and O–H groups in total. The predicted octanol–water partition coefficient (Wildman–Crippen LogP) is 6.41. The molecule has 0 fully saturated rings. The number of aliphatic imine (C=N–C) groups is 1. The molecule has 0 aromatic heterocycles. The Morgan fingerprint density at radius 3 is 2.55 bits per heavy atom. The SMILES string of the molecule is CCCOc1cc(C(F)(F)F)ccc1C1=NCC2N(CC)NC(NS(=O)(=O)c3cccc4ccccc34)=[N+]2c2cc(Br)cc(OC)c21. The number of methoxy groups -OCH3 is 1. The van der Waals surface area contributed by atoms with Crippen LogP contribution < -0.4 is 19.6 Å². The average Bonchev–Trinajstić information content (AvgIpc) is 3.29. The topological polar surface area (TPSA) is 95.3 Å². The number of hydrogen-bond acceptors (Lipinski definition) is 7. The second kappa shape index (κ2) is 12.8. The zero-order valence-corrected chi connectivity index (χ0v) is 28.1. The summed E-state index contributed by atoms with van der Waals surface area (Å²) in [6.45, 7) is 4.57. The summed E-state index contributed by atoms with van der Waals surface area (Å²) in [7, 11) is -2.64. The molecular formula is C33H32BrF3N5O4S+. The van der Waals surface area contributed by atoms with Gasteiger partial charge in [-0.25, -0.2) is 4.58 Å². The molecule has 2 aliphatic rings. The van der Waals surface area contributed by atoms with E-state index >= 15 is 0 Å². The summed E-state index contributed by atoms with van der Waals surface area (Å²) in [4.78, 5) is 5.06. The monoisotopic (exact) mass is 730 g/mol. The van der Waals surface area contributed by atoms with Gasteiger partial charge in [0, 0.05) is 22.0 Å². The van der Waals surface area contributed by atoms with Crippen molar-refractivity contribution in [2.24, 2.45) is 4.99 Å². The van der Waals surface area contributed by atoms with Crippen LogP contribution in [0, 0.1) is 0 Å². The first kappa shape index (κ1) is 32.8. The molecule has 0 aliphatic carbocycles. The maximum absolute atomic E-state index is 14.0. The van der Waals surface area contributed by atoms with Crippen molar-refractivity contribution in [2.45, 2.75) is 37.5 Å². The quantitative estimate of drug-likeness (QED) is 0.204. The molecule has 0 radical (unpaired) electrons. The Labute approximate surface area is 278 Å². The number of ether oxygens (including phenoxy) is 2. The standard InChI is InChI=1S/C33H31BrF3N5O4S/c1-4-15-46-26-16-21(33(35,36)37)13-14-24(26)31-30-25(17-22(34)18-27(30)45-3)42-29(19-38-31)41(5-2)39-32(42)40-47(43,44)28-12-8-10-20-9-6-7-11-23(20)28/h6-14,16-18,29H,4-5,15,19H2,1-3H3,(H,39,40)/p+1. The van der Waals surface area contributed by atoms with Crippen molar-refractivity contribution < 1.29 is 35.6 Å². The Kier molecular flexibility index (Phi) is 8.94. The second-order valence-corrected chi connectivity index (χ2v) is 13.5. The molecular weight excluding hydrogens is 699 g/mol. The van der Waals surface area contributed by atoms with Gasteiger partial charge in [0.05, 0.1) is 37.1 Å². The van der Waals surface area contributed by atoms with E-state index in [1.165, 1.54) is 13.2 Å². The molecule has 9 nitrogen and oxygen atoms in total. The van der Waals surface area contributed by atoms with Crippen molar-refractivity contribution in [2.75, 3.05) is 26.8 Å². The van der Waals surface area contributed by atoms with E-state index in [9.17, 15) is 21.6 Å². The van der Waals surface area contributed by atoms with Gasteiger partial charge in [0.25, 0.3) is 0 Å². The van der Waals surface area contributed by atoms with Crippen molar-refractivity contribution in [1.29, 1.82) is 0 Å². The Morgan fingerprint density at radius 1 is 1.06 bits per heavy atom. The Bertz CT molecular complexity index is 2030. The normalized spacial score (nSPS) is 16.7. The molecule has 4 aromatic carbocycles. The lowest BCUT2D eigenvalue weighted by Gasteiger charge is -2.20. The maximum atomic E-state index is 14.0. The molecule has 0 saturated heterocycles. The highest BCUT2D eigenvalue weighted by molar-refractivity contribution is 9.10. The zero-order valence-electron chi connectivity index (χ0n) is 25.7. The van der Waals surface area contributed by atoms with E-state index in [2.05, 4.69) is 26.1 Å². The van der Waals surface area contributed by atoms with Gasteiger partial charge in [-0.15, -0.1) is 5.01 Å². The van der Waals surface area contributed by atoms with Gasteiger partial charge in [0.2, 0.25) is 0 Å². The third-order valence-electron chi connectivity index (χ3n) is 7.96. The highest BCUT2D eigenvalue weighted by Gasteiger charge is 2.44. The number of guanidine groups is 1. The summed E-state index contributed by atoms with van der Waals surface area (Å²) in [5.74, 6) is 0.573. The van der Waals surface area contributed by atoms with Crippen LogP contribution in [0.25, 0.3) is 10.8 Å². The average molecular weight is 732 g/mol. The van der Waals surface area contributed by atoms with Crippen LogP contribution in [-0.4, -0.2) is 62.6 Å². The minimum absolute atomic E-state index is 0.0322. The van der Waals surface area contributed by atoms with Gasteiger partial charge in [-0.1, -0.05) is 59.3 Å². The van der Waals surface area contributed by atoms with E-state index < -0.39 is 27.9 Å². The number of hydrazine groups is 1. The summed E-state index contributed by atoms with van der Waals surface area (Å²) in [5.41, 5.74) is 4.04. The molecule has 2 aliphatic heterocycles. The highest BCUT2D eigenvalue weighted by atomic mass is 79.9. The third kappa shape index (κ3) is 6.17. The second-order valence-electron chi connectivity index (χ2n) is 10.9. The molecule has 0 bridgehead atoms. The lowest BCUT2D eigenvalue weighted by atomic mass is 9.97. The van der Waals surface area contributed by atoms with Crippen molar-refractivity contribution in [3.63, 3.8) is 0 Å². The maximum Gasteiger partial charge on any atom is 0.416 e. The smallest absolute Gasteiger partial charge is 0.416 e. The number of nitrogens with one attached hydrogen (secondary N) is 2. The first-order valence-electron chi connectivity index (χ1n) is 14.9. The van der Waals surface area contributed by atoms with Crippen molar-refractivity contribution in [1.82, 2.24) is 15.2 Å². The van der Waals surface area contributed by atoms with Crippen LogP contribution in [0.1, 0.15) is 37.0 Å². The number of fused-ring (bicyclic) bond motifs is 4. The van der Waals surface area contributed by atoms with E-state index in [1.807, 2.05) is 37.1 Å². The van der Waals surface area contributed by atoms with Crippen LogP contribution in [0.15, 0.2) is 87.2 Å². The predicted molar refractivity (Wildman–Crippen MR) is 177 cm³/mol. The summed E-state index contributed by atoms with van der Waals surface area (Å²) < 4.78 is 86.2. The molecule has 4 aromatic rings. The number of alkyl halides is 3. The Morgan fingerprint density at radius 2 is 1.83 bits per heavy atom. The Balaban J connectivity index is 1.56. The van der Waals surface area contributed by atoms with Crippen molar-refractivity contribution in [3.8, 4) is 11.5 Å². The molecule has 0 saturated carbocycles. The van der Waals surface area contributed by atoms with E-state index in [1.54, 1.807) is 41.0 Å². The van der Waals surface area contributed by atoms with Crippen molar-refractivity contribution in [3.05, 3.63) is 94.0 Å². The van der Waals surface area contributed by atoms with Crippen LogP contribution in [0.2, 0.25) is 0 Å². The molecule has 14 heteroatoms. The van der Waals surface area contributed by atoms with Gasteiger partial charge >= 0.3 is 22.2 Å². The van der Waals surface area contributed by atoms with E-state index in [0.29, 0.717) is 51.1 Å². The first-order valence-corrected chi connectivity index (χ1v) is 17.2. The number of nitrogens with zero attached hydrogens (tertiary/aromatic N) is 3. The molecule has 1 atom stereocenters. The number of benzene rings is 4. The molecule has 0 spiro atoms. The van der Waals surface area contributed by atoms with Gasteiger partial charge in [-0.05, 0) is 55.1 Å². The molecule has 246 valence electrons. The number of likely N-dealkylation sites (N-methyl/N-ethyl adjacent to an activating group) is 1. The van der Waals surface area contributed by atoms with Gasteiger partial charge in [0.1, 0.15) is 22.1 Å². The van der Waals surface area contributed by atoms with Gasteiger partial charge < -0.3 is 9.47 Å². The largest absolute Gasteiger partial charge is 0.496 e. The summed E-state index contributed by atoms with van der Waals surface area (Å²) in [6, 6.07) is 19.2. The highest BCUT2D eigenvalue weighted by Crippen LogP contribution is 2.41. The van der Waals surface area contributed by atoms with Gasteiger partial charge in [-0.2, -0.15) is 31.7 Å². The summed E-state index contributed by atoms with van der Waals surface area (Å²) in [6.07, 6.45) is -4.51. The molecule has 6 rings (SSSR count). The fourth-order valence-corrected chi connectivity index (χ4v) is 7.51. The summed E-state index contributed by atoms with van der Waals surface area (Å²) in [5, 5.41) is 3.18. The third-order valence-corrected chi connectivity index (χ3v) is 9.81. The van der Waals surface area contributed by atoms with Crippen LogP contribution in [-0.2, 0) is 16.2 Å². The fourth-order valence-electron chi connectivity index (χ4n) is 5.84. The molecule has 1 unspecified atom stereocenters. The zero-order chi connectivity index (χ0) is 33.5. The molecule has 2 heterocycles.